The Hall–Kier alpha value is -2.76. The van der Waals surface area contributed by atoms with Crippen LogP contribution in [0, 0.1) is 0 Å². The van der Waals surface area contributed by atoms with Crippen molar-refractivity contribution < 1.29 is 9.90 Å². The summed E-state index contributed by atoms with van der Waals surface area (Å²) in [7, 11) is 0. The lowest BCUT2D eigenvalue weighted by Crippen LogP contribution is -1.97. The topological polar surface area (TPSA) is 80.9 Å². The number of hydrogen-bond acceptors (Lipinski definition) is 4. The Kier molecular flexibility index (Phi) is 2.26. The minimum Gasteiger partial charge on any atom is -0.476 e. The summed E-state index contributed by atoms with van der Waals surface area (Å²) < 4.78 is 1.63. The van der Waals surface area contributed by atoms with E-state index in [0.29, 0.717) is 0 Å². The number of hydrogen-bond donors (Lipinski definition) is 1. The summed E-state index contributed by atoms with van der Waals surface area (Å²) in [6, 6.07) is 7.51. The maximum absolute atomic E-state index is 10.8. The number of aromatic nitrogens is 4. The van der Waals surface area contributed by atoms with Gasteiger partial charge in [-0.15, -0.1) is 0 Å². The Morgan fingerprint density at radius 2 is 2.11 bits per heavy atom. The molecule has 0 saturated heterocycles. The van der Waals surface area contributed by atoms with Gasteiger partial charge in [0.1, 0.15) is 6.33 Å². The van der Waals surface area contributed by atoms with Crippen LogP contribution in [0.2, 0.25) is 0 Å². The molecule has 1 N–H and O–H groups in total. The number of aromatic carboxylic acids is 1. The molecule has 3 aromatic rings. The van der Waals surface area contributed by atoms with Crippen molar-refractivity contribution in [1.29, 1.82) is 0 Å². The fraction of sp³-hybridized carbons (Fsp3) is 0. The number of benzene rings is 1. The van der Waals surface area contributed by atoms with Crippen LogP contribution in [0.15, 0.2) is 43.0 Å². The first-order chi connectivity index (χ1) is 8.75. The van der Waals surface area contributed by atoms with Crippen LogP contribution in [0.3, 0.4) is 0 Å². The second kappa shape index (κ2) is 3.92. The molecule has 0 saturated carbocycles. The SMILES string of the molecule is O=C(O)c1cn(-c2cnnc3ccccc23)cn1. The van der Waals surface area contributed by atoms with Gasteiger partial charge < -0.3 is 9.67 Å². The molecule has 0 atom stereocenters. The van der Waals surface area contributed by atoms with Crippen LogP contribution in [-0.2, 0) is 0 Å². The van der Waals surface area contributed by atoms with E-state index in [2.05, 4.69) is 15.2 Å². The van der Waals surface area contributed by atoms with Crippen LogP contribution >= 0.6 is 0 Å². The van der Waals surface area contributed by atoms with Crippen LogP contribution in [0.1, 0.15) is 10.5 Å². The molecule has 0 radical (unpaired) electrons. The highest BCUT2D eigenvalue weighted by Crippen LogP contribution is 2.19. The molecule has 0 fully saturated rings. The highest BCUT2D eigenvalue weighted by atomic mass is 16.4. The zero-order valence-corrected chi connectivity index (χ0v) is 9.19. The first-order valence-corrected chi connectivity index (χ1v) is 5.24. The average Bonchev–Trinajstić information content (AvgIpc) is 2.87. The van der Waals surface area contributed by atoms with Crippen molar-refractivity contribution in [2.45, 2.75) is 0 Å². The van der Waals surface area contributed by atoms with Crippen LogP contribution in [0.5, 0.6) is 0 Å². The molecule has 0 aliphatic rings. The van der Waals surface area contributed by atoms with Crippen molar-refractivity contribution in [2.24, 2.45) is 0 Å². The van der Waals surface area contributed by atoms with E-state index in [1.165, 1.54) is 12.5 Å². The lowest BCUT2D eigenvalue weighted by atomic mass is 10.2. The molecule has 0 unspecified atom stereocenters. The summed E-state index contributed by atoms with van der Waals surface area (Å²) in [6.45, 7) is 0. The minimum absolute atomic E-state index is 0.00380. The lowest BCUT2D eigenvalue weighted by molar-refractivity contribution is 0.0691. The van der Waals surface area contributed by atoms with Crippen molar-refractivity contribution in [3.63, 3.8) is 0 Å². The number of nitrogens with zero attached hydrogens (tertiary/aromatic N) is 4. The Morgan fingerprint density at radius 1 is 1.28 bits per heavy atom. The van der Waals surface area contributed by atoms with E-state index in [0.717, 1.165) is 16.6 Å². The van der Waals surface area contributed by atoms with Crippen LogP contribution in [0.4, 0.5) is 0 Å². The van der Waals surface area contributed by atoms with Crippen molar-refractivity contribution in [3.05, 3.63) is 48.7 Å². The van der Waals surface area contributed by atoms with Gasteiger partial charge in [-0.2, -0.15) is 10.2 Å². The number of carboxylic acid groups (broad SMARTS) is 1. The second-order valence-corrected chi connectivity index (χ2v) is 3.72. The van der Waals surface area contributed by atoms with Crippen molar-refractivity contribution in [3.8, 4) is 5.69 Å². The Labute approximate surface area is 102 Å². The second-order valence-electron chi connectivity index (χ2n) is 3.72. The predicted molar refractivity (Wildman–Crippen MR) is 63.6 cm³/mol. The normalized spacial score (nSPS) is 10.7. The molecule has 18 heavy (non-hydrogen) atoms. The van der Waals surface area contributed by atoms with E-state index in [-0.39, 0.29) is 5.69 Å². The number of carbonyl (C=O) groups is 1. The van der Waals surface area contributed by atoms with E-state index in [9.17, 15) is 4.79 Å². The molecule has 1 aromatic carbocycles. The molecular formula is C12H8N4O2. The summed E-state index contributed by atoms with van der Waals surface area (Å²) in [5, 5.41) is 17.7. The zero-order chi connectivity index (χ0) is 12.5. The van der Waals surface area contributed by atoms with Gasteiger partial charge in [0.05, 0.1) is 17.4 Å². The monoisotopic (exact) mass is 240 g/mol. The Morgan fingerprint density at radius 3 is 2.89 bits per heavy atom. The third-order valence-electron chi connectivity index (χ3n) is 2.61. The molecule has 2 heterocycles. The smallest absolute Gasteiger partial charge is 0.356 e. The lowest BCUT2D eigenvalue weighted by Gasteiger charge is -2.04. The molecule has 0 spiro atoms. The molecule has 0 bridgehead atoms. The highest BCUT2D eigenvalue weighted by Gasteiger charge is 2.09. The van der Waals surface area contributed by atoms with Gasteiger partial charge in [0.25, 0.3) is 0 Å². The van der Waals surface area contributed by atoms with Gasteiger partial charge in [0.15, 0.2) is 5.69 Å². The first-order valence-electron chi connectivity index (χ1n) is 5.24. The maximum Gasteiger partial charge on any atom is 0.356 e. The Bertz CT molecular complexity index is 730. The van der Waals surface area contributed by atoms with Gasteiger partial charge in [0, 0.05) is 11.6 Å². The first kappa shape index (κ1) is 10.4. The van der Waals surface area contributed by atoms with Crippen molar-refractivity contribution in [2.75, 3.05) is 0 Å². The van der Waals surface area contributed by atoms with Crippen LogP contribution < -0.4 is 0 Å². The van der Waals surface area contributed by atoms with Gasteiger partial charge in [-0.25, -0.2) is 9.78 Å². The number of carboxylic acids is 1. The molecule has 88 valence electrons. The molecule has 6 heteroatoms. The number of imidazole rings is 1. The van der Waals surface area contributed by atoms with Gasteiger partial charge in [-0.3, -0.25) is 0 Å². The maximum atomic E-state index is 10.8. The van der Waals surface area contributed by atoms with Gasteiger partial charge in [0.2, 0.25) is 0 Å². The third-order valence-corrected chi connectivity index (χ3v) is 2.61. The largest absolute Gasteiger partial charge is 0.476 e. The fourth-order valence-electron chi connectivity index (χ4n) is 1.76. The van der Waals surface area contributed by atoms with Crippen molar-refractivity contribution in [1.82, 2.24) is 19.7 Å². The summed E-state index contributed by atoms with van der Waals surface area (Å²) in [5.74, 6) is -1.06. The fourth-order valence-corrected chi connectivity index (χ4v) is 1.76. The predicted octanol–water partition coefficient (Wildman–Crippen LogP) is 1.51. The highest BCUT2D eigenvalue weighted by molar-refractivity contribution is 5.87. The standard InChI is InChI=1S/C12H8N4O2/c17-12(18)10-6-16(7-13-10)11-5-14-15-9-4-2-1-3-8(9)11/h1-7H,(H,17,18). The number of fused-ring (bicyclic) bond motifs is 1. The molecule has 0 amide bonds. The van der Waals surface area contributed by atoms with E-state index in [1.807, 2.05) is 24.3 Å². The minimum atomic E-state index is -1.06. The Balaban J connectivity index is 2.21. The molecule has 3 rings (SSSR count). The molecule has 0 aliphatic heterocycles. The van der Waals surface area contributed by atoms with Crippen LogP contribution in [0.25, 0.3) is 16.6 Å². The van der Waals surface area contributed by atoms with E-state index in [4.69, 9.17) is 5.11 Å². The molecule has 6 nitrogen and oxygen atoms in total. The summed E-state index contributed by atoms with van der Waals surface area (Å²) in [4.78, 5) is 14.6. The van der Waals surface area contributed by atoms with E-state index in [1.54, 1.807) is 10.8 Å². The van der Waals surface area contributed by atoms with Crippen molar-refractivity contribution >= 4 is 16.9 Å². The van der Waals surface area contributed by atoms with Gasteiger partial charge in [-0.05, 0) is 6.07 Å². The van der Waals surface area contributed by atoms with Gasteiger partial charge in [-0.1, -0.05) is 18.2 Å². The summed E-state index contributed by atoms with van der Waals surface area (Å²) in [6.07, 6.45) is 4.48. The average molecular weight is 240 g/mol. The van der Waals surface area contributed by atoms with Gasteiger partial charge >= 0.3 is 5.97 Å². The quantitative estimate of drug-likeness (QED) is 0.734. The van der Waals surface area contributed by atoms with E-state index < -0.39 is 5.97 Å². The summed E-state index contributed by atoms with van der Waals surface area (Å²) >= 11 is 0. The summed E-state index contributed by atoms with van der Waals surface area (Å²) in [5.41, 5.74) is 1.50. The zero-order valence-electron chi connectivity index (χ0n) is 9.19. The van der Waals surface area contributed by atoms with E-state index >= 15 is 0 Å². The molecule has 2 aromatic heterocycles. The third kappa shape index (κ3) is 1.60. The van der Waals surface area contributed by atoms with Crippen LogP contribution in [-0.4, -0.2) is 30.8 Å². The molecule has 0 aliphatic carbocycles. The number of rotatable bonds is 2. The molecular weight excluding hydrogens is 232 g/mol.